The number of rotatable bonds is 5. The van der Waals surface area contributed by atoms with Crippen molar-refractivity contribution >= 4 is 44.8 Å². The van der Waals surface area contributed by atoms with E-state index in [9.17, 15) is 17.6 Å². The minimum absolute atomic E-state index is 0.0758. The first kappa shape index (κ1) is 22.0. The number of anilines is 1. The smallest absolute Gasteiger partial charge is 0.244 e. The molecular formula is C19H20Cl2FN3O3S. The molecule has 0 bridgehead atoms. The maximum Gasteiger partial charge on any atom is 0.244 e. The van der Waals surface area contributed by atoms with Crippen molar-refractivity contribution in [3.8, 4) is 0 Å². The standard InChI is InChI=1S/C19H20Cl2FN3O3S/c1-13(19(26)23-17-7-6-14(22)12-16(17)21)24-8-10-25(11-9-24)29(27,28)18-5-3-2-4-15(18)20/h2-7,12-13H,8-11H2,1H3,(H,23,26)/t13-/m0/s1. The zero-order valence-electron chi connectivity index (χ0n) is 15.6. The average molecular weight is 460 g/mol. The fourth-order valence-electron chi connectivity index (χ4n) is 3.12. The zero-order valence-corrected chi connectivity index (χ0v) is 17.9. The summed E-state index contributed by atoms with van der Waals surface area (Å²) in [7, 11) is -3.70. The largest absolute Gasteiger partial charge is 0.323 e. The van der Waals surface area contributed by atoms with Gasteiger partial charge in [-0.2, -0.15) is 4.31 Å². The van der Waals surface area contributed by atoms with Crippen LogP contribution < -0.4 is 5.32 Å². The van der Waals surface area contributed by atoms with E-state index in [1.807, 2.05) is 4.90 Å². The Morgan fingerprint density at radius 3 is 2.34 bits per heavy atom. The summed E-state index contributed by atoms with van der Waals surface area (Å²) < 4.78 is 40.2. The zero-order chi connectivity index (χ0) is 21.2. The van der Waals surface area contributed by atoms with Crippen LogP contribution in [0.15, 0.2) is 47.4 Å². The Morgan fingerprint density at radius 2 is 1.72 bits per heavy atom. The molecule has 0 spiro atoms. The molecule has 1 aliphatic rings. The highest BCUT2D eigenvalue weighted by molar-refractivity contribution is 7.89. The van der Waals surface area contributed by atoms with E-state index in [0.29, 0.717) is 18.8 Å². The van der Waals surface area contributed by atoms with Crippen LogP contribution in [0.2, 0.25) is 10.0 Å². The van der Waals surface area contributed by atoms with Gasteiger partial charge in [-0.15, -0.1) is 0 Å². The molecule has 1 N–H and O–H groups in total. The van der Waals surface area contributed by atoms with Crippen LogP contribution in [0.3, 0.4) is 0 Å². The van der Waals surface area contributed by atoms with Crippen molar-refractivity contribution in [1.82, 2.24) is 9.21 Å². The average Bonchev–Trinajstić information content (AvgIpc) is 2.69. The van der Waals surface area contributed by atoms with E-state index < -0.39 is 21.9 Å². The highest BCUT2D eigenvalue weighted by Crippen LogP contribution is 2.26. The second kappa shape index (κ2) is 8.97. The number of piperazine rings is 1. The number of carbonyl (C=O) groups excluding carboxylic acids is 1. The molecular weight excluding hydrogens is 440 g/mol. The maximum atomic E-state index is 13.1. The van der Waals surface area contributed by atoms with E-state index in [1.54, 1.807) is 19.1 Å². The fraction of sp³-hybridized carbons (Fsp3) is 0.316. The lowest BCUT2D eigenvalue weighted by Gasteiger charge is -2.36. The number of benzene rings is 2. The van der Waals surface area contributed by atoms with Crippen LogP contribution in [-0.4, -0.2) is 55.8 Å². The van der Waals surface area contributed by atoms with E-state index in [0.717, 1.165) is 6.07 Å². The first-order valence-corrected chi connectivity index (χ1v) is 11.1. The maximum absolute atomic E-state index is 13.1. The number of hydrogen-bond donors (Lipinski definition) is 1. The summed E-state index contributed by atoms with van der Waals surface area (Å²) in [6, 6.07) is 9.54. The Bertz CT molecular complexity index is 1010. The van der Waals surface area contributed by atoms with Gasteiger partial charge in [0.15, 0.2) is 0 Å². The summed E-state index contributed by atoms with van der Waals surface area (Å²) in [6.45, 7) is 2.97. The first-order valence-electron chi connectivity index (χ1n) is 8.95. The van der Waals surface area contributed by atoms with Gasteiger partial charge >= 0.3 is 0 Å². The first-order chi connectivity index (χ1) is 13.7. The molecule has 1 amide bonds. The lowest BCUT2D eigenvalue weighted by Crippen LogP contribution is -2.53. The molecule has 2 aromatic carbocycles. The monoisotopic (exact) mass is 459 g/mol. The number of hydrogen-bond acceptors (Lipinski definition) is 4. The van der Waals surface area contributed by atoms with Crippen LogP contribution in [-0.2, 0) is 14.8 Å². The predicted octanol–water partition coefficient (Wildman–Crippen LogP) is 3.47. The van der Waals surface area contributed by atoms with Gasteiger partial charge in [-0.3, -0.25) is 9.69 Å². The van der Waals surface area contributed by atoms with E-state index in [-0.39, 0.29) is 33.9 Å². The van der Waals surface area contributed by atoms with Gasteiger partial charge in [0.25, 0.3) is 0 Å². The normalized spacial score (nSPS) is 17.1. The van der Waals surface area contributed by atoms with Gasteiger partial charge in [0.2, 0.25) is 15.9 Å². The number of amides is 1. The molecule has 156 valence electrons. The van der Waals surface area contributed by atoms with Crippen molar-refractivity contribution in [2.24, 2.45) is 0 Å². The van der Waals surface area contributed by atoms with E-state index in [2.05, 4.69) is 5.32 Å². The number of carbonyl (C=O) groups is 1. The third-order valence-electron chi connectivity index (χ3n) is 4.84. The van der Waals surface area contributed by atoms with E-state index in [1.165, 1.54) is 28.6 Å². The summed E-state index contributed by atoms with van der Waals surface area (Å²) in [5, 5.41) is 2.97. The lowest BCUT2D eigenvalue weighted by molar-refractivity contribution is -0.121. The van der Waals surface area contributed by atoms with Crippen LogP contribution in [0.4, 0.5) is 10.1 Å². The Kier molecular flexibility index (Phi) is 6.80. The lowest BCUT2D eigenvalue weighted by atomic mass is 10.2. The highest BCUT2D eigenvalue weighted by atomic mass is 35.5. The fourth-order valence-corrected chi connectivity index (χ4v) is 5.25. The molecule has 29 heavy (non-hydrogen) atoms. The molecule has 10 heteroatoms. The van der Waals surface area contributed by atoms with Crippen LogP contribution in [0.5, 0.6) is 0 Å². The number of halogens is 3. The van der Waals surface area contributed by atoms with Gasteiger partial charge < -0.3 is 5.32 Å². The SMILES string of the molecule is C[C@@H](C(=O)Nc1ccc(F)cc1Cl)N1CCN(S(=O)(=O)c2ccccc2Cl)CC1. The molecule has 0 aromatic heterocycles. The minimum Gasteiger partial charge on any atom is -0.323 e. The van der Waals surface area contributed by atoms with Crippen molar-refractivity contribution in [3.05, 3.63) is 58.3 Å². The molecule has 0 aliphatic carbocycles. The second-order valence-corrected chi connectivity index (χ2v) is 9.38. The van der Waals surface area contributed by atoms with Gasteiger partial charge in [-0.05, 0) is 37.3 Å². The van der Waals surface area contributed by atoms with Crippen molar-refractivity contribution in [3.63, 3.8) is 0 Å². The molecule has 1 aliphatic heterocycles. The van der Waals surface area contributed by atoms with Crippen molar-refractivity contribution in [1.29, 1.82) is 0 Å². The predicted molar refractivity (Wildman–Crippen MR) is 111 cm³/mol. The van der Waals surface area contributed by atoms with Crippen molar-refractivity contribution in [2.45, 2.75) is 17.9 Å². The third-order valence-corrected chi connectivity index (χ3v) is 7.56. The number of nitrogens with one attached hydrogen (secondary N) is 1. The quantitative estimate of drug-likeness (QED) is 0.742. The van der Waals surface area contributed by atoms with Crippen molar-refractivity contribution in [2.75, 3.05) is 31.5 Å². The number of sulfonamides is 1. The molecule has 3 rings (SSSR count). The minimum atomic E-state index is -3.70. The Labute approximate surface area is 179 Å². The van der Waals surface area contributed by atoms with Gasteiger partial charge in [-0.1, -0.05) is 35.3 Å². The molecule has 2 aromatic rings. The molecule has 0 unspecified atom stereocenters. The molecule has 1 heterocycles. The summed E-state index contributed by atoms with van der Waals surface area (Å²) in [5.74, 6) is -0.794. The summed E-state index contributed by atoms with van der Waals surface area (Å²) in [6.07, 6.45) is 0. The van der Waals surface area contributed by atoms with Crippen LogP contribution in [0, 0.1) is 5.82 Å². The second-order valence-electron chi connectivity index (χ2n) is 6.66. The van der Waals surface area contributed by atoms with Gasteiger partial charge in [0, 0.05) is 26.2 Å². The van der Waals surface area contributed by atoms with E-state index >= 15 is 0 Å². The van der Waals surface area contributed by atoms with Crippen LogP contribution in [0.1, 0.15) is 6.92 Å². The highest BCUT2D eigenvalue weighted by Gasteiger charge is 2.32. The van der Waals surface area contributed by atoms with Gasteiger partial charge in [0.1, 0.15) is 10.7 Å². The Balaban J connectivity index is 1.62. The molecule has 1 atom stereocenters. The molecule has 1 fully saturated rings. The van der Waals surface area contributed by atoms with Crippen LogP contribution in [0.25, 0.3) is 0 Å². The number of nitrogens with zero attached hydrogens (tertiary/aromatic N) is 2. The summed E-state index contributed by atoms with van der Waals surface area (Å²) in [4.78, 5) is 14.5. The molecule has 1 saturated heterocycles. The Hall–Kier alpha value is -1.71. The Morgan fingerprint density at radius 1 is 1.07 bits per heavy atom. The van der Waals surface area contributed by atoms with Gasteiger partial charge in [0.05, 0.1) is 21.8 Å². The third kappa shape index (κ3) is 4.90. The van der Waals surface area contributed by atoms with E-state index in [4.69, 9.17) is 23.2 Å². The van der Waals surface area contributed by atoms with Gasteiger partial charge in [-0.25, -0.2) is 12.8 Å². The molecule has 6 nitrogen and oxygen atoms in total. The topological polar surface area (TPSA) is 69.7 Å². The van der Waals surface area contributed by atoms with Crippen molar-refractivity contribution < 1.29 is 17.6 Å². The van der Waals surface area contributed by atoms with Crippen LogP contribution >= 0.6 is 23.2 Å². The molecule has 0 radical (unpaired) electrons. The summed E-state index contributed by atoms with van der Waals surface area (Å²) in [5.41, 5.74) is 0.324. The molecule has 0 saturated carbocycles. The summed E-state index contributed by atoms with van der Waals surface area (Å²) >= 11 is 12.0.